The molecule has 3 nitrogen and oxygen atoms in total. The first-order valence-corrected chi connectivity index (χ1v) is 9.61. The maximum atomic E-state index is 11.6. The smallest absolute Gasteiger partial charge is 0.240 e. The fourth-order valence-corrected chi connectivity index (χ4v) is 2.50. The summed E-state index contributed by atoms with van der Waals surface area (Å²) in [5.41, 5.74) is 2.64. The normalized spacial score (nSPS) is 11.2. The number of carbonyl (C=O) groups is 1. The van der Waals surface area contributed by atoms with Crippen LogP contribution in [-0.2, 0) is 4.79 Å². The number of hydrogen-bond acceptors (Lipinski definition) is 2. The van der Waals surface area contributed by atoms with Crippen molar-refractivity contribution in [2.75, 3.05) is 0 Å². The van der Waals surface area contributed by atoms with E-state index in [1.807, 2.05) is 6.21 Å². The molecular formula is C19H38N2O. The van der Waals surface area contributed by atoms with Crippen LogP contribution >= 0.6 is 0 Å². The molecule has 1 N–H and O–H groups in total. The average Bonchev–Trinajstić information content (AvgIpc) is 2.52. The summed E-state index contributed by atoms with van der Waals surface area (Å²) in [5.74, 6) is 0.0627. The predicted octanol–water partition coefficient (Wildman–Crippen LogP) is 5.98. The zero-order valence-electron chi connectivity index (χ0n) is 15.0. The lowest BCUT2D eigenvalue weighted by molar-refractivity contribution is -0.121. The van der Waals surface area contributed by atoms with Crippen molar-refractivity contribution in [2.24, 2.45) is 5.10 Å². The highest BCUT2D eigenvalue weighted by Gasteiger charge is 1.98. The van der Waals surface area contributed by atoms with Gasteiger partial charge in [-0.15, -0.1) is 0 Å². The molecule has 0 aliphatic heterocycles. The maximum absolute atomic E-state index is 11.6. The average molecular weight is 311 g/mol. The summed E-state index contributed by atoms with van der Waals surface area (Å²) < 4.78 is 0. The van der Waals surface area contributed by atoms with Gasteiger partial charge in [-0.3, -0.25) is 4.79 Å². The molecule has 3 heteroatoms. The Morgan fingerprint density at radius 2 is 1.27 bits per heavy atom. The van der Waals surface area contributed by atoms with E-state index in [0.717, 1.165) is 12.8 Å². The largest absolute Gasteiger partial charge is 0.273 e. The second-order valence-electron chi connectivity index (χ2n) is 6.27. The Labute approximate surface area is 138 Å². The lowest BCUT2D eigenvalue weighted by atomic mass is 10.1. The number of nitrogens with one attached hydrogen (secondary N) is 1. The molecule has 1 amide bonds. The van der Waals surface area contributed by atoms with Gasteiger partial charge >= 0.3 is 0 Å². The van der Waals surface area contributed by atoms with E-state index in [-0.39, 0.29) is 5.91 Å². The van der Waals surface area contributed by atoms with E-state index in [0.29, 0.717) is 6.42 Å². The Morgan fingerprint density at radius 1 is 0.773 bits per heavy atom. The highest BCUT2D eigenvalue weighted by molar-refractivity contribution is 5.76. The van der Waals surface area contributed by atoms with Crippen LogP contribution in [0.5, 0.6) is 0 Å². The second-order valence-corrected chi connectivity index (χ2v) is 6.27. The molecule has 130 valence electrons. The minimum atomic E-state index is 0.0627. The highest BCUT2D eigenvalue weighted by atomic mass is 16.2. The molecule has 0 saturated carbocycles. The number of carbonyl (C=O) groups excluding carboxylic acids is 1. The van der Waals surface area contributed by atoms with E-state index in [1.54, 1.807) is 0 Å². The minimum Gasteiger partial charge on any atom is -0.273 e. The van der Waals surface area contributed by atoms with Crippen LogP contribution in [0.3, 0.4) is 0 Å². The van der Waals surface area contributed by atoms with Crippen molar-refractivity contribution in [3.05, 3.63) is 0 Å². The molecule has 0 aromatic carbocycles. The fraction of sp³-hybridized carbons (Fsp3) is 0.895. The monoisotopic (exact) mass is 310 g/mol. The van der Waals surface area contributed by atoms with Crippen LogP contribution in [0, 0.1) is 0 Å². The van der Waals surface area contributed by atoms with Crippen molar-refractivity contribution >= 4 is 12.1 Å². The second kappa shape index (κ2) is 18.2. The Kier molecular flexibility index (Phi) is 17.5. The summed E-state index contributed by atoms with van der Waals surface area (Å²) in [6.45, 7) is 4.47. The third kappa shape index (κ3) is 17.2. The molecule has 22 heavy (non-hydrogen) atoms. The summed E-state index contributed by atoms with van der Waals surface area (Å²) in [7, 11) is 0. The minimum absolute atomic E-state index is 0.0627. The Bertz CT molecular complexity index is 264. The SMILES string of the molecule is CCCCCCCCC=NNC(=O)CCCCCCCCC. The number of hydrazone groups is 1. The molecule has 0 saturated heterocycles. The fourth-order valence-electron chi connectivity index (χ4n) is 2.50. The molecule has 0 unspecified atom stereocenters. The molecule has 0 fully saturated rings. The van der Waals surface area contributed by atoms with Crippen molar-refractivity contribution in [2.45, 2.75) is 110 Å². The van der Waals surface area contributed by atoms with Gasteiger partial charge in [-0.05, 0) is 19.3 Å². The van der Waals surface area contributed by atoms with Gasteiger partial charge in [-0.2, -0.15) is 5.10 Å². The molecular weight excluding hydrogens is 272 g/mol. The quantitative estimate of drug-likeness (QED) is 0.213. The van der Waals surface area contributed by atoms with Gasteiger partial charge in [0, 0.05) is 12.6 Å². The Morgan fingerprint density at radius 3 is 1.86 bits per heavy atom. The van der Waals surface area contributed by atoms with E-state index in [9.17, 15) is 4.79 Å². The van der Waals surface area contributed by atoms with Crippen LogP contribution in [0.1, 0.15) is 110 Å². The van der Waals surface area contributed by atoms with Crippen LogP contribution in [0.15, 0.2) is 5.10 Å². The van der Waals surface area contributed by atoms with Gasteiger partial charge in [0.1, 0.15) is 0 Å². The van der Waals surface area contributed by atoms with Gasteiger partial charge in [-0.25, -0.2) is 5.43 Å². The molecule has 0 aromatic heterocycles. The zero-order chi connectivity index (χ0) is 16.3. The summed E-state index contributed by atoms with van der Waals surface area (Å²) in [5, 5.41) is 4.02. The third-order valence-corrected chi connectivity index (χ3v) is 3.97. The van der Waals surface area contributed by atoms with Gasteiger partial charge in [-0.1, -0.05) is 84.5 Å². The predicted molar refractivity (Wildman–Crippen MR) is 97.2 cm³/mol. The van der Waals surface area contributed by atoms with E-state index < -0.39 is 0 Å². The van der Waals surface area contributed by atoms with Crippen molar-refractivity contribution in [3.63, 3.8) is 0 Å². The molecule has 0 radical (unpaired) electrons. The van der Waals surface area contributed by atoms with E-state index in [4.69, 9.17) is 0 Å². The van der Waals surface area contributed by atoms with Gasteiger partial charge < -0.3 is 0 Å². The maximum Gasteiger partial charge on any atom is 0.240 e. The molecule has 0 aromatic rings. The molecule has 0 bridgehead atoms. The van der Waals surface area contributed by atoms with Gasteiger partial charge in [0.25, 0.3) is 0 Å². The molecule has 0 atom stereocenters. The lowest BCUT2D eigenvalue weighted by Gasteiger charge is -2.01. The number of amides is 1. The van der Waals surface area contributed by atoms with E-state index >= 15 is 0 Å². The number of rotatable bonds is 16. The lowest BCUT2D eigenvalue weighted by Crippen LogP contribution is -2.16. The number of hydrogen-bond donors (Lipinski definition) is 1. The van der Waals surface area contributed by atoms with Crippen LogP contribution < -0.4 is 5.43 Å². The van der Waals surface area contributed by atoms with Crippen molar-refractivity contribution in [1.82, 2.24) is 5.43 Å². The van der Waals surface area contributed by atoms with Crippen LogP contribution in [0.25, 0.3) is 0 Å². The van der Waals surface area contributed by atoms with E-state index in [1.165, 1.54) is 77.0 Å². The summed E-state index contributed by atoms with van der Waals surface area (Å²) >= 11 is 0. The third-order valence-electron chi connectivity index (χ3n) is 3.97. The Hall–Kier alpha value is -0.860. The summed E-state index contributed by atoms with van der Waals surface area (Å²) in [4.78, 5) is 11.6. The van der Waals surface area contributed by atoms with Crippen molar-refractivity contribution in [1.29, 1.82) is 0 Å². The van der Waals surface area contributed by atoms with Gasteiger partial charge in [0.05, 0.1) is 0 Å². The van der Waals surface area contributed by atoms with Crippen molar-refractivity contribution < 1.29 is 4.79 Å². The standard InChI is InChI=1S/C19H38N2O/c1-3-5-7-9-11-13-15-17-19(22)21-20-18-16-14-12-10-8-6-4-2/h18H,3-17H2,1-2H3,(H,21,22). The summed E-state index contributed by atoms with van der Waals surface area (Å²) in [6.07, 6.45) is 19.9. The van der Waals surface area contributed by atoms with Gasteiger partial charge in [0.2, 0.25) is 5.91 Å². The number of nitrogens with zero attached hydrogens (tertiary/aromatic N) is 1. The molecule has 0 rings (SSSR count). The molecule has 0 aliphatic rings. The van der Waals surface area contributed by atoms with Crippen LogP contribution in [0.2, 0.25) is 0 Å². The van der Waals surface area contributed by atoms with Gasteiger partial charge in [0.15, 0.2) is 0 Å². The number of unbranched alkanes of at least 4 members (excludes halogenated alkanes) is 12. The Balaban J connectivity index is 3.25. The first-order chi connectivity index (χ1) is 10.8. The van der Waals surface area contributed by atoms with E-state index in [2.05, 4.69) is 24.4 Å². The van der Waals surface area contributed by atoms with Crippen molar-refractivity contribution in [3.8, 4) is 0 Å². The molecule has 0 aliphatic carbocycles. The topological polar surface area (TPSA) is 41.5 Å². The summed E-state index contributed by atoms with van der Waals surface area (Å²) in [6, 6.07) is 0. The highest BCUT2D eigenvalue weighted by Crippen LogP contribution is 2.08. The first-order valence-electron chi connectivity index (χ1n) is 9.61. The van der Waals surface area contributed by atoms with Crippen LogP contribution in [-0.4, -0.2) is 12.1 Å². The molecule has 0 heterocycles. The zero-order valence-corrected chi connectivity index (χ0v) is 15.0. The molecule has 0 spiro atoms. The van der Waals surface area contributed by atoms with Crippen LogP contribution in [0.4, 0.5) is 0 Å². The first kappa shape index (κ1) is 21.1.